The fraction of sp³-hybridized carbons (Fsp3) is 0.371. The minimum absolute atomic E-state index is 0.0757. The third-order valence-corrected chi connectivity index (χ3v) is 8.39. The molecule has 0 saturated carbocycles. The Balaban J connectivity index is 1.35. The lowest BCUT2D eigenvalue weighted by atomic mass is 9.90. The summed E-state index contributed by atoms with van der Waals surface area (Å²) in [4.78, 5) is 13.4. The number of hydrogen-bond acceptors (Lipinski definition) is 7. The molecule has 1 unspecified atom stereocenters. The summed E-state index contributed by atoms with van der Waals surface area (Å²) in [6.45, 7) is 1.62. The average Bonchev–Trinajstić information content (AvgIpc) is 3.41. The second-order valence-corrected chi connectivity index (χ2v) is 11.5. The van der Waals surface area contributed by atoms with Crippen LogP contribution in [0.15, 0.2) is 66.9 Å². The lowest BCUT2D eigenvalue weighted by molar-refractivity contribution is -0.272. The van der Waals surface area contributed by atoms with Crippen molar-refractivity contribution in [3.63, 3.8) is 0 Å². The molecule has 0 aliphatic carbocycles. The number of carbonyl (C=O) groups is 1. The van der Waals surface area contributed by atoms with Crippen molar-refractivity contribution >= 4 is 16.9 Å². The van der Waals surface area contributed by atoms with Crippen LogP contribution in [0, 0.1) is 17.1 Å². The lowest BCUT2D eigenvalue weighted by Crippen LogP contribution is -2.53. The molecule has 0 bridgehead atoms. The summed E-state index contributed by atoms with van der Waals surface area (Å²) in [5.41, 5.74) is -2.19. The number of halogens is 4. The third kappa shape index (κ3) is 7.37. The highest BCUT2D eigenvalue weighted by molar-refractivity contribution is 5.86. The molecule has 2 heterocycles. The van der Waals surface area contributed by atoms with Crippen molar-refractivity contribution in [2.45, 2.75) is 50.6 Å². The van der Waals surface area contributed by atoms with Gasteiger partial charge in [0.25, 0.3) is 0 Å². The highest BCUT2D eigenvalue weighted by atomic mass is 19.4. The summed E-state index contributed by atoms with van der Waals surface area (Å²) in [5.74, 6) is -0.0125. The highest BCUT2D eigenvalue weighted by Crippen LogP contribution is 2.44. The Morgan fingerprint density at radius 1 is 1.06 bits per heavy atom. The van der Waals surface area contributed by atoms with Crippen molar-refractivity contribution in [1.82, 2.24) is 9.47 Å². The van der Waals surface area contributed by atoms with E-state index in [0.29, 0.717) is 29.9 Å². The number of ether oxygens (including phenoxy) is 3. The molecule has 5 rings (SSSR count). The zero-order valence-electron chi connectivity index (χ0n) is 26.0. The van der Waals surface area contributed by atoms with E-state index in [2.05, 4.69) is 0 Å². The number of benzene rings is 3. The van der Waals surface area contributed by atoms with Crippen molar-refractivity contribution in [2.75, 3.05) is 33.4 Å². The maximum Gasteiger partial charge on any atom is 0.422 e. The van der Waals surface area contributed by atoms with Gasteiger partial charge in [0.1, 0.15) is 11.9 Å². The predicted molar refractivity (Wildman–Crippen MR) is 166 cm³/mol. The smallest absolute Gasteiger partial charge is 0.422 e. The zero-order valence-corrected chi connectivity index (χ0v) is 26.0. The molecule has 47 heavy (non-hydrogen) atoms. The van der Waals surface area contributed by atoms with Crippen LogP contribution in [0.25, 0.3) is 10.9 Å². The molecule has 1 aromatic heterocycles. The number of piperidine rings is 1. The van der Waals surface area contributed by atoms with Crippen LogP contribution in [-0.2, 0) is 28.1 Å². The van der Waals surface area contributed by atoms with E-state index in [0.717, 1.165) is 0 Å². The Hall–Kier alpha value is -4.60. The minimum atomic E-state index is -5.05. The lowest BCUT2D eigenvalue weighted by Gasteiger charge is -2.39. The Morgan fingerprint density at radius 2 is 1.81 bits per heavy atom. The minimum Gasteiger partial charge on any atom is -0.493 e. The van der Waals surface area contributed by atoms with Crippen molar-refractivity contribution < 1.29 is 41.7 Å². The van der Waals surface area contributed by atoms with Crippen LogP contribution in [0.2, 0.25) is 0 Å². The molecule has 1 saturated heterocycles. The number of nitrogens with zero attached hydrogens (tertiary/aromatic N) is 3. The molecule has 0 spiro atoms. The number of β-amino-alcohol motifs (C(OH)–C–C–N with tert-alkyl or cyclic N) is 1. The van der Waals surface area contributed by atoms with E-state index in [9.17, 15) is 32.7 Å². The molecule has 0 radical (unpaired) electrons. The average molecular weight is 654 g/mol. The van der Waals surface area contributed by atoms with Gasteiger partial charge in [0.15, 0.2) is 11.5 Å². The summed E-state index contributed by atoms with van der Waals surface area (Å²) in [7, 11) is 1.48. The molecular weight excluding hydrogens is 618 g/mol. The fourth-order valence-electron chi connectivity index (χ4n) is 5.95. The van der Waals surface area contributed by atoms with Crippen LogP contribution in [0.3, 0.4) is 0 Å². The van der Waals surface area contributed by atoms with E-state index in [1.807, 2.05) is 6.07 Å². The van der Waals surface area contributed by atoms with Gasteiger partial charge < -0.3 is 23.9 Å². The standard InChI is InChI=1S/C35H35F4N3O5/c1-3-46-33(43)18-23-9-11-31(32(17-23)45-2)47-26-12-14-41(15-13-26)22-34(44,35(37,38)39)28-21-42(20-25-6-4-5-7-29(25)36)30-16-24(19-40)8-10-27(28)30/h4-11,16-17,21,26,44H,3,12-15,18,20,22H2,1-2H3. The summed E-state index contributed by atoms with van der Waals surface area (Å²) >= 11 is 0. The number of fused-ring (bicyclic) bond motifs is 1. The molecular formula is C35H35F4N3O5. The normalized spacial score (nSPS) is 15.6. The molecule has 1 fully saturated rings. The molecule has 1 N–H and O–H groups in total. The van der Waals surface area contributed by atoms with Gasteiger partial charge in [0.2, 0.25) is 5.60 Å². The molecule has 248 valence electrons. The van der Waals surface area contributed by atoms with Crippen LogP contribution in [0.4, 0.5) is 17.6 Å². The molecule has 8 nitrogen and oxygen atoms in total. The summed E-state index contributed by atoms with van der Waals surface area (Å²) in [6.07, 6.45) is -3.30. The Kier molecular flexibility index (Phi) is 10.1. The van der Waals surface area contributed by atoms with Gasteiger partial charge in [-0.05, 0) is 55.7 Å². The summed E-state index contributed by atoms with van der Waals surface area (Å²) in [6, 6.07) is 17.3. The maximum atomic E-state index is 14.9. The number of esters is 1. The van der Waals surface area contributed by atoms with Crippen molar-refractivity contribution in [1.29, 1.82) is 5.26 Å². The second kappa shape index (κ2) is 14.0. The van der Waals surface area contributed by atoms with Crippen LogP contribution in [0.1, 0.15) is 42.0 Å². The predicted octanol–water partition coefficient (Wildman–Crippen LogP) is 6.11. The van der Waals surface area contributed by atoms with E-state index in [1.54, 1.807) is 36.1 Å². The van der Waals surface area contributed by atoms with Gasteiger partial charge in [0.05, 0.1) is 43.8 Å². The van der Waals surface area contributed by atoms with Gasteiger partial charge in [-0.25, -0.2) is 4.39 Å². The van der Waals surface area contributed by atoms with Crippen molar-refractivity contribution in [2.24, 2.45) is 0 Å². The first-order valence-electron chi connectivity index (χ1n) is 15.2. The van der Waals surface area contributed by atoms with E-state index >= 15 is 0 Å². The van der Waals surface area contributed by atoms with Gasteiger partial charge in [-0.2, -0.15) is 18.4 Å². The van der Waals surface area contributed by atoms with Crippen LogP contribution in [-0.4, -0.2) is 66.2 Å². The third-order valence-electron chi connectivity index (χ3n) is 8.39. The SMILES string of the molecule is CCOC(=O)Cc1ccc(OC2CCN(CC(O)(c3cn(Cc4ccccc4F)c4cc(C#N)ccc34)C(F)(F)F)CC2)c(OC)c1. The Morgan fingerprint density at radius 3 is 2.47 bits per heavy atom. The number of hydrogen-bond donors (Lipinski definition) is 1. The topological polar surface area (TPSA) is 97.0 Å². The molecule has 1 atom stereocenters. The molecule has 0 amide bonds. The number of aliphatic hydroxyl groups is 1. The molecule has 4 aromatic rings. The Bertz CT molecular complexity index is 1780. The molecule has 1 aliphatic rings. The monoisotopic (exact) mass is 653 g/mol. The van der Waals surface area contributed by atoms with Gasteiger partial charge in [-0.15, -0.1) is 0 Å². The van der Waals surface area contributed by atoms with Crippen LogP contribution < -0.4 is 9.47 Å². The summed E-state index contributed by atoms with van der Waals surface area (Å²) in [5, 5.41) is 21.1. The first kappa shape index (κ1) is 33.8. The largest absolute Gasteiger partial charge is 0.493 e. The number of likely N-dealkylation sites (tertiary alicyclic amines) is 1. The molecule has 3 aromatic carbocycles. The number of methoxy groups -OCH3 is 1. The highest BCUT2D eigenvalue weighted by Gasteiger charge is 2.57. The van der Waals surface area contributed by atoms with E-state index < -0.39 is 24.1 Å². The van der Waals surface area contributed by atoms with Crippen molar-refractivity contribution in [3.8, 4) is 17.6 Å². The first-order valence-corrected chi connectivity index (χ1v) is 15.2. The van der Waals surface area contributed by atoms with Crippen LogP contribution in [0.5, 0.6) is 11.5 Å². The van der Waals surface area contributed by atoms with Crippen LogP contribution >= 0.6 is 0 Å². The number of rotatable bonds is 11. The zero-order chi connectivity index (χ0) is 33.8. The maximum absolute atomic E-state index is 14.9. The Labute approximate surface area is 269 Å². The fourth-order valence-corrected chi connectivity index (χ4v) is 5.95. The van der Waals surface area contributed by atoms with Gasteiger partial charge >= 0.3 is 12.1 Å². The second-order valence-electron chi connectivity index (χ2n) is 11.5. The van der Waals surface area contributed by atoms with E-state index in [-0.39, 0.29) is 72.3 Å². The quantitative estimate of drug-likeness (QED) is 0.154. The molecule has 1 aliphatic heterocycles. The number of nitriles is 1. The summed E-state index contributed by atoms with van der Waals surface area (Å²) < 4.78 is 77.1. The van der Waals surface area contributed by atoms with Gasteiger partial charge in [-0.1, -0.05) is 30.3 Å². The first-order chi connectivity index (χ1) is 22.4. The number of alkyl halides is 3. The van der Waals surface area contributed by atoms with Crippen molar-refractivity contribution in [3.05, 3.63) is 94.9 Å². The van der Waals surface area contributed by atoms with E-state index in [1.165, 1.54) is 54.3 Å². The molecule has 12 heteroatoms. The van der Waals surface area contributed by atoms with E-state index in [4.69, 9.17) is 14.2 Å². The number of carbonyl (C=O) groups excluding carboxylic acids is 1. The van der Waals surface area contributed by atoms with Gasteiger partial charge in [0, 0.05) is 42.3 Å². The van der Waals surface area contributed by atoms with Gasteiger partial charge in [-0.3, -0.25) is 9.69 Å². The number of aromatic nitrogens is 1.